The van der Waals surface area contributed by atoms with Gasteiger partial charge < -0.3 is 31.9 Å². The lowest BCUT2D eigenvalue weighted by Crippen LogP contribution is -2.26. The second-order valence-electron chi connectivity index (χ2n) is 7.87. The van der Waals surface area contributed by atoms with Crippen molar-refractivity contribution >= 4 is 57.4 Å². The lowest BCUT2D eigenvalue weighted by Gasteiger charge is -2.27. The van der Waals surface area contributed by atoms with Crippen molar-refractivity contribution in [3.8, 4) is 0 Å². The maximum absolute atomic E-state index is 14.4. The number of benzene rings is 2. The molecule has 6 nitrogen and oxygen atoms in total. The molecule has 0 heterocycles. The van der Waals surface area contributed by atoms with Gasteiger partial charge >= 0.3 is 6.18 Å². The number of hydrogen-bond acceptors (Lipinski definition) is 4. The Kier molecular flexibility index (Phi) is 9.96. The van der Waals surface area contributed by atoms with E-state index in [2.05, 4.69) is 15.5 Å². The van der Waals surface area contributed by atoms with Gasteiger partial charge in [-0.25, -0.2) is 0 Å². The molecule has 192 valence electrons. The van der Waals surface area contributed by atoms with E-state index in [1.54, 1.807) is 12.1 Å². The highest BCUT2D eigenvalue weighted by Crippen LogP contribution is 2.41. The van der Waals surface area contributed by atoms with Crippen molar-refractivity contribution in [2.45, 2.75) is 40.3 Å². The highest BCUT2D eigenvalue weighted by molar-refractivity contribution is 7.80. The minimum absolute atomic E-state index is 0.0178. The van der Waals surface area contributed by atoms with Crippen LogP contribution in [0.5, 0.6) is 0 Å². The number of rotatable bonds is 10. The summed E-state index contributed by atoms with van der Waals surface area (Å²) in [4.78, 5) is 4.08. The molecular formula is C24H33F3N6S2. The zero-order chi connectivity index (χ0) is 26.3. The molecular weight excluding hydrogens is 493 g/mol. The van der Waals surface area contributed by atoms with Gasteiger partial charge in [0, 0.05) is 49.7 Å². The summed E-state index contributed by atoms with van der Waals surface area (Å²) in [7, 11) is 0. The Balaban J connectivity index is 2.80. The van der Waals surface area contributed by atoms with E-state index in [1.165, 1.54) is 6.07 Å². The Morgan fingerprint density at radius 1 is 0.771 bits per heavy atom. The van der Waals surface area contributed by atoms with Crippen LogP contribution in [-0.4, -0.2) is 36.4 Å². The molecule has 0 aliphatic heterocycles. The molecule has 0 bridgehead atoms. The topological polar surface area (TPSA) is 82.6 Å². The van der Waals surface area contributed by atoms with Gasteiger partial charge in [-0.15, -0.1) is 0 Å². The number of nitrogens with one attached hydrogen (secondary N) is 2. The van der Waals surface area contributed by atoms with Crippen molar-refractivity contribution < 1.29 is 13.2 Å². The van der Waals surface area contributed by atoms with E-state index in [9.17, 15) is 13.2 Å². The summed E-state index contributed by atoms with van der Waals surface area (Å²) in [5.41, 5.74) is 13.1. The van der Waals surface area contributed by atoms with Gasteiger partial charge in [-0.2, -0.15) is 13.2 Å². The van der Waals surface area contributed by atoms with Crippen LogP contribution < -0.4 is 31.9 Å². The van der Waals surface area contributed by atoms with Gasteiger partial charge in [0.2, 0.25) is 0 Å². The first-order valence-electron chi connectivity index (χ1n) is 11.4. The molecule has 35 heavy (non-hydrogen) atoms. The lowest BCUT2D eigenvalue weighted by atomic mass is 9.95. The molecule has 6 N–H and O–H groups in total. The van der Waals surface area contributed by atoms with E-state index in [-0.39, 0.29) is 27.9 Å². The molecule has 0 fully saturated rings. The maximum atomic E-state index is 14.4. The highest BCUT2D eigenvalue weighted by Gasteiger charge is 2.37. The Morgan fingerprint density at radius 2 is 1.26 bits per heavy atom. The second-order valence-corrected chi connectivity index (χ2v) is 8.75. The van der Waals surface area contributed by atoms with Gasteiger partial charge in [-0.1, -0.05) is 0 Å². The van der Waals surface area contributed by atoms with Crippen LogP contribution in [0, 0.1) is 0 Å². The molecule has 0 aromatic heterocycles. The molecule has 0 radical (unpaired) electrons. The fourth-order valence-electron chi connectivity index (χ4n) is 4.13. The summed E-state index contributed by atoms with van der Waals surface area (Å²) in [6, 6.07) is 8.58. The molecule has 2 aromatic carbocycles. The standard InChI is InChI=1S/C24H33F3N6S2/c1-5-32(6-2)17-9-10-19(30-22(28)34)15(12-17)11-16-13-18(33(7-3)8-4)14-20(31-23(29)35)21(16)24(25,26)27/h9-10,12-14H,5-8,11H2,1-4H3,(H3,28,30,34)(H3,29,31,35). The quantitative estimate of drug-likeness (QED) is 0.311. The van der Waals surface area contributed by atoms with Gasteiger partial charge in [0.25, 0.3) is 0 Å². The molecule has 0 aliphatic rings. The van der Waals surface area contributed by atoms with E-state index in [4.69, 9.17) is 35.9 Å². The summed E-state index contributed by atoms with van der Waals surface area (Å²) in [5.74, 6) is 0. The smallest absolute Gasteiger partial charge is 0.376 e. The molecule has 0 saturated carbocycles. The third-order valence-electron chi connectivity index (χ3n) is 5.73. The predicted octanol–water partition coefficient (Wildman–Crippen LogP) is 5.30. The summed E-state index contributed by atoms with van der Waals surface area (Å²) < 4.78 is 43.2. The zero-order valence-electron chi connectivity index (χ0n) is 20.4. The van der Waals surface area contributed by atoms with Crippen LogP contribution >= 0.6 is 24.4 Å². The Morgan fingerprint density at radius 3 is 1.74 bits per heavy atom. The molecule has 0 saturated heterocycles. The van der Waals surface area contributed by atoms with Gasteiger partial charge in [-0.3, -0.25) is 0 Å². The highest BCUT2D eigenvalue weighted by atomic mass is 32.1. The van der Waals surface area contributed by atoms with Crippen molar-refractivity contribution in [1.82, 2.24) is 0 Å². The number of nitrogens with two attached hydrogens (primary N) is 2. The van der Waals surface area contributed by atoms with Crippen LogP contribution in [0.4, 0.5) is 35.9 Å². The van der Waals surface area contributed by atoms with Gasteiger partial charge in [0.05, 0.1) is 11.3 Å². The first-order valence-corrected chi connectivity index (χ1v) is 12.3. The fourth-order valence-corrected chi connectivity index (χ4v) is 4.35. The molecule has 0 spiro atoms. The van der Waals surface area contributed by atoms with Gasteiger partial charge in [0.15, 0.2) is 10.2 Å². The maximum Gasteiger partial charge on any atom is 0.418 e. The van der Waals surface area contributed by atoms with Gasteiger partial charge in [-0.05, 0) is 93.6 Å². The predicted molar refractivity (Wildman–Crippen MR) is 149 cm³/mol. The summed E-state index contributed by atoms with van der Waals surface area (Å²) >= 11 is 9.88. The van der Waals surface area contributed by atoms with Crippen LogP contribution in [-0.2, 0) is 12.6 Å². The van der Waals surface area contributed by atoms with Crippen molar-refractivity contribution in [2.75, 3.05) is 46.6 Å². The molecule has 2 aromatic rings. The number of thiocarbonyl (C=S) groups is 2. The first-order chi connectivity index (χ1) is 16.4. The molecule has 0 amide bonds. The van der Waals surface area contributed by atoms with E-state index < -0.39 is 11.7 Å². The average molecular weight is 527 g/mol. The fraction of sp³-hybridized carbons (Fsp3) is 0.417. The largest absolute Gasteiger partial charge is 0.418 e. The number of nitrogens with zero attached hydrogens (tertiary/aromatic N) is 2. The SMILES string of the molecule is CCN(CC)c1ccc(NC(N)=S)c(Cc2cc(N(CC)CC)cc(NC(N)=S)c2C(F)(F)F)c1. The van der Waals surface area contributed by atoms with E-state index in [0.29, 0.717) is 30.0 Å². The van der Waals surface area contributed by atoms with Crippen molar-refractivity contribution in [2.24, 2.45) is 11.5 Å². The van der Waals surface area contributed by atoms with Gasteiger partial charge in [0.1, 0.15) is 0 Å². The third kappa shape index (κ3) is 7.35. The zero-order valence-corrected chi connectivity index (χ0v) is 22.1. The first kappa shape index (κ1) is 28.4. The van der Waals surface area contributed by atoms with Crippen LogP contribution in [0.1, 0.15) is 44.4 Å². The number of hydrogen-bond donors (Lipinski definition) is 4. The van der Waals surface area contributed by atoms with Crippen molar-refractivity contribution in [1.29, 1.82) is 0 Å². The van der Waals surface area contributed by atoms with Crippen LogP contribution in [0.3, 0.4) is 0 Å². The molecule has 0 unspecified atom stereocenters. The summed E-state index contributed by atoms with van der Waals surface area (Å²) in [5, 5.41) is 5.24. The van der Waals surface area contributed by atoms with Crippen molar-refractivity contribution in [3.05, 3.63) is 47.0 Å². The molecule has 0 atom stereocenters. The monoisotopic (exact) mass is 526 g/mol. The van der Waals surface area contributed by atoms with E-state index >= 15 is 0 Å². The molecule has 11 heteroatoms. The minimum atomic E-state index is -4.64. The van der Waals surface area contributed by atoms with Crippen molar-refractivity contribution in [3.63, 3.8) is 0 Å². The minimum Gasteiger partial charge on any atom is -0.376 e. The lowest BCUT2D eigenvalue weighted by molar-refractivity contribution is -0.137. The summed E-state index contributed by atoms with van der Waals surface area (Å²) in [6.07, 6.45) is -4.66. The Hall–Kier alpha value is -2.79. The normalized spacial score (nSPS) is 11.2. The number of anilines is 4. The third-order valence-corrected chi connectivity index (χ3v) is 5.94. The molecule has 0 aliphatic carbocycles. The van der Waals surface area contributed by atoms with Crippen LogP contribution in [0.15, 0.2) is 30.3 Å². The Bertz CT molecular complexity index is 1050. The van der Waals surface area contributed by atoms with Crippen LogP contribution in [0.2, 0.25) is 0 Å². The summed E-state index contributed by atoms with van der Waals surface area (Å²) in [6.45, 7) is 10.7. The van der Waals surface area contributed by atoms with E-state index in [1.807, 2.05) is 44.7 Å². The average Bonchev–Trinajstić information content (AvgIpc) is 2.75. The van der Waals surface area contributed by atoms with E-state index in [0.717, 1.165) is 18.8 Å². The second kappa shape index (κ2) is 12.3. The Labute approximate surface area is 215 Å². The number of alkyl halides is 3. The number of halogens is 3. The molecule has 2 rings (SSSR count). The van der Waals surface area contributed by atoms with Crippen LogP contribution in [0.25, 0.3) is 0 Å².